The summed E-state index contributed by atoms with van der Waals surface area (Å²) in [5.41, 5.74) is 3.28. The lowest BCUT2D eigenvalue weighted by molar-refractivity contribution is -0.127. The number of hydrogen-bond donors (Lipinski definition) is 1. The molecule has 0 saturated carbocycles. The molecule has 8 heteroatoms. The van der Waals surface area contributed by atoms with Crippen LogP contribution in [0.3, 0.4) is 0 Å². The van der Waals surface area contributed by atoms with Gasteiger partial charge in [0.1, 0.15) is 0 Å². The molecule has 0 atom stereocenters. The molecule has 0 aliphatic rings. The summed E-state index contributed by atoms with van der Waals surface area (Å²) in [6, 6.07) is 9.99. The number of thioether (sulfide) groups is 1. The second kappa shape index (κ2) is 7.92. The Morgan fingerprint density at radius 2 is 1.96 bits per heavy atom. The first kappa shape index (κ1) is 18.5. The third-order valence-electron chi connectivity index (χ3n) is 4.07. The molecule has 0 unspecified atom stereocenters. The molecular weight excluding hydrogens is 366 g/mol. The third kappa shape index (κ3) is 4.08. The maximum Gasteiger partial charge on any atom is 0.233 e. The van der Waals surface area contributed by atoms with Gasteiger partial charge in [0.2, 0.25) is 11.1 Å². The highest BCUT2D eigenvalue weighted by Gasteiger charge is 2.16. The van der Waals surface area contributed by atoms with E-state index in [1.54, 1.807) is 16.2 Å². The molecule has 1 aromatic carbocycles. The number of aromatic nitrogens is 3. The van der Waals surface area contributed by atoms with Gasteiger partial charge in [0.15, 0.2) is 5.82 Å². The molecule has 0 aliphatic heterocycles. The molecule has 2 N–H and O–H groups in total. The number of benzene rings is 1. The van der Waals surface area contributed by atoms with Crippen molar-refractivity contribution >= 4 is 29.0 Å². The van der Waals surface area contributed by atoms with Crippen molar-refractivity contribution < 1.29 is 4.79 Å². The van der Waals surface area contributed by atoms with Crippen LogP contribution in [0, 0.1) is 13.8 Å². The van der Waals surface area contributed by atoms with Crippen LogP contribution in [0.1, 0.15) is 16.0 Å². The summed E-state index contributed by atoms with van der Waals surface area (Å²) in [4.78, 5) is 15.3. The van der Waals surface area contributed by atoms with Crippen molar-refractivity contribution in [1.82, 2.24) is 19.8 Å². The number of carbonyl (C=O) groups is 1. The lowest BCUT2D eigenvalue weighted by Gasteiger charge is -2.16. The van der Waals surface area contributed by atoms with E-state index in [2.05, 4.69) is 23.2 Å². The van der Waals surface area contributed by atoms with E-state index in [9.17, 15) is 4.79 Å². The Morgan fingerprint density at radius 3 is 2.62 bits per heavy atom. The van der Waals surface area contributed by atoms with Gasteiger partial charge in [0, 0.05) is 17.5 Å². The van der Waals surface area contributed by atoms with Gasteiger partial charge in [-0.05, 0) is 30.9 Å². The average Bonchev–Trinajstić information content (AvgIpc) is 3.19. The van der Waals surface area contributed by atoms with Crippen LogP contribution in [0.25, 0.3) is 11.4 Å². The lowest BCUT2D eigenvalue weighted by atomic mass is 10.1. The van der Waals surface area contributed by atoms with Crippen molar-refractivity contribution in [3.05, 3.63) is 51.7 Å². The maximum atomic E-state index is 12.4. The molecule has 6 nitrogen and oxygen atoms in total. The van der Waals surface area contributed by atoms with Gasteiger partial charge in [-0.1, -0.05) is 41.6 Å². The number of aryl methyl sites for hydroxylation is 2. The zero-order valence-corrected chi connectivity index (χ0v) is 16.6. The number of thiophene rings is 1. The van der Waals surface area contributed by atoms with Crippen molar-refractivity contribution in [2.75, 3.05) is 18.6 Å². The summed E-state index contributed by atoms with van der Waals surface area (Å²) in [6.07, 6.45) is 0. The first-order chi connectivity index (χ1) is 12.5. The Balaban J connectivity index is 1.62. The normalized spacial score (nSPS) is 10.9. The molecule has 2 aromatic heterocycles. The lowest BCUT2D eigenvalue weighted by Crippen LogP contribution is -2.28. The first-order valence-electron chi connectivity index (χ1n) is 8.13. The average molecular weight is 388 g/mol. The fraction of sp³-hybridized carbons (Fsp3) is 0.278. The molecule has 3 aromatic rings. The zero-order chi connectivity index (χ0) is 18.7. The molecule has 136 valence electrons. The van der Waals surface area contributed by atoms with Crippen LogP contribution >= 0.6 is 23.1 Å². The summed E-state index contributed by atoms with van der Waals surface area (Å²) < 4.78 is 1.44. The second-order valence-corrected chi connectivity index (χ2v) is 8.05. The predicted molar refractivity (Wildman–Crippen MR) is 107 cm³/mol. The number of carbonyl (C=O) groups excluding carboxylic acids is 1. The Bertz CT molecular complexity index is 901. The van der Waals surface area contributed by atoms with Crippen LogP contribution in [0.4, 0.5) is 0 Å². The van der Waals surface area contributed by atoms with Crippen LogP contribution in [-0.4, -0.2) is 38.5 Å². The first-order valence-corrected chi connectivity index (χ1v) is 9.99. The number of nitrogens with zero attached hydrogens (tertiary/aromatic N) is 4. The van der Waals surface area contributed by atoms with E-state index >= 15 is 0 Å². The van der Waals surface area contributed by atoms with Crippen molar-refractivity contribution in [2.24, 2.45) is 0 Å². The van der Waals surface area contributed by atoms with E-state index in [0.717, 1.165) is 5.56 Å². The van der Waals surface area contributed by atoms with Crippen molar-refractivity contribution in [3.63, 3.8) is 0 Å². The molecule has 3 rings (SSSR count). The maximum absolute atomic E-state index is 12.4. The van der Waals surface area contributed by atoms with Crippen LogP contribution in [0.15, 0.2) is 40.9 Å². The Hall–Kier alpha value is -2.32. The van der Waals surface area contributed by atoms with Gasteiger partial charge >= 0.3 is 0 Å². The van der Waals surface area contributed by atoms with Crippen LogP contribution in [-0.2, 0) is 11.3 Å². The van der Waals surface area contributed by atoms with Crippen LogP contribution < -0.4 is 5.84 Å². The molecule has 0 radical (unpaired) electrons. The van der Waals surface area contributed by atoms with E-state index in [1.807, 2.05) is 43.6 Å². The monoisotopic (exact) mass is 387 g/mol. The highest BCUT2D eigenvalue weighted by Crippen LogP contribution is 2.23. The van der Waals surface area contributed by atoms with Gasteiger partial charge < -0.3 is 10.7 Å². The van der Waals surface area contributed by atoms with Gasteiger partial charge in [-0.3, -0.25) is 4.79 Å². The molecule has 26 heavy (non-hydrogen) atoms. The van der Waals surface area contributed by atoms with Gasteiger partial charge in [0.05, 0.1) is 12.3 Å². The third-order valence-corrected chi connectivity index (χ3v) is 6.01. The van der Waals surface area contributed by atoms with Crippen molar-refractivity contribution in [2.45, 2.75) is 25.5 Å². The number of rotatable bonds is 6. The van der Waals surface area contributed by atoms with E-state index in [-0.39, 0.29) is 11.7 Å². The molecule has 0 fully saturated rings. The van der Waals surface area contributed by atoms with Crippen molar-refractivity contribution in [3.8, 4) is 11.4 Å². The molecule has 0 bridgehead atoms. The highest BCUT2D eigenvalue weighted by molar-refractivity contribution is 7.99. The van der Waals surface area contributed by atoms with E-state index in [4.69, 9.17) is 5.84 Å². The second-order valence-electron chi connectivity index (χ2n) is 6.11. The molecule has 1 amide bonds. The van der Waals surface area contributed by atoms with Crippen LogP contribution in [0.2, 0.25) is 0 Å². The predicted octanol–water partition coefficient (Wildman–Crippen LogP) is 3.09. The summed E-state index contributed by atoms with van der Waals surface area (Å²) >= 11 is 2.96. The molecule has 0 saturated heterocycles. The largest absolute Gasteiger partial charge is 0.340 e. The summed E-state index contributed by atoms with van der Waals surface area (Å²) in [5, 5.41) is 10.8. The van der Waals surface area contributed by atoms with Crippen molar-refractivity contribution in [1.29, 1.82) is 0 Å². The fourth-order valence-corrected chi connectivity index (χ4v) is 4.14. The number of nitrogens with two attached hydrogens (primary N) is 1. The highest BCUT2D eigenvalue weighted by atomic mass is 32.2. The van der Waals surface area contributed by atoms with Gasteiger partial charge in [-0.15, -0.1) is 21.5 Å². The summed E-state index contributed by atoms with van der Waals surface area (Å²) in [5.74, 6) is 7.00. The minimum absolute atomic E-state index is 0.0303. The Morgan fingerprint density at radius 1 is 1.23 bits per heavy atom. The number of nitrogen functional groups attached to an aromatic ring is 1. The number of hydrogen-bond acceptors (Lipinski definition) is 6. The Kier molecular flexibility index (Phi) is 5.63. The fourth-order valence-electron chi connectivity index (χ4n) is 2.38. The summed E-state index contributed by atoms with van der Waals surface area (Å²) in [6.45, 7) is 4.70. The van der Waals surface area contributed by atoms with Crippen LogP contribution in [0.5, 0.6) is 0 Å². The Labute approximate surface area is 161 Å². The van der Waals surface area contributed by atoms with Gasteiger partial charge in [0.25, 0.3) is 0 Å². The van der Waals surface area contributed by atoms with Gasteiger partial charge in [-0.25, -0.2) is 4.68 Å². The summed E-state index contributed by atoms with van der Waals surface area (Å²) in [7, 11) is 1.81. The molecular formula is C18H21N5OS2. The quantitative estimate of drug-likeness (QED) is 0.519. The number of amides is 1. The standard InChI is InChI=1S/C18H21N5OS2/c1-12-4-6-14(7-5-12)17-20-21-18(23(17)19)26-11-16(24)22(3)10-15-13(2)8-9-25-15/h4-9H,10-11,19H2,1-3H3. The van der Waals surface area contributed by atoms with E-state index < -0.39 is 0 Å². The van der Waals surface area contributed by atoms with E-state index in [1.165, 1.54) is 32.4 Å². The molecule has 0 aliphatic carbocycles. The smallest absolute Gasteiger partial charge is 0.233 e. The SMILES string of the molecule is Cc1ccc(-c2nnc(SCC(=O)N(C)Cc3sccc3C)n2N)cc1. The minimum Gasteiger partial charge on any atom is -0.340 e. The topological polar surface area (TPSA) is 77.0 Å². The zero-order valence-electron chi connectivity index (χ0n) is 15.0. The van der Waals surface area contributed by atoms with Gasteiger partial charge in [-0.2, -0.15) is 0 Å². The molecule has 2 heterocycles. The minimum atomic E-state index is 0.0303. The van der Waals surface area contributed by atoms with E-state index in [0.29, 0.717) is 17.5 Å². The molecule has 0 spiro atoms.